The van der Waals surface area contributed by atoms with Crippen LogP contribution in [-0.2, 0) is 14.8 Å². The first-order valence-electron chi connectivity index (χ1n) is 6.52. The van der Waals surface area contributed by atoms with Crippen LogP contribution in [0.15, 0.2) is 23.1 Å². The maximum atomic E-state index is 12.3. The topological polar surface area (TPSA) is 118 Å². The summed E-state index contributed by atoms with van der Waals surface area (Å²) in [6, 6.07) is 3.68. The standard InChI is InChI=1S/C13H16ClN3O4S/c1-13(3-2-11(18)17-13)7-16-22(20,21)10-5-8(12(15)19)4-9(14)6-10/h4-6,16H,2-3,7H2,1H3,(H2,15,19)(H,17,18). The van der Waals surface area contributed by atoms with Gasteiger partial charge in [0.2, 0.25) is 21.8 Å². The summed E-state index contributed by atoms with van der Waals surface area (Å²) in [5.74, 6) is -0.880. The number of sulfonamides is 1. The van der Waals surface area contributed by atoms with Crippen molar-refractivity contribution in [2.24, 2.45) is 5.73 Å². The third-order valence-electron chi connectivity index (χ3n) is 3.46. The van der Waals surface area contributed by atoms with Crippen molar-refractivity contribution in [2.45, 2.75) is 30.2 Å². The van der Waals surface area contributed by atoms with Crippen molar-refractivity contribution < 1.29 is 18.0 Å². The number of halogens is 1. The Hall–Kier alpha value is -1.64. The Balaban J connectivity index is 2.20. The first kappa shape index (κ1) is 16.7. The summed E-state index contributed by atoms with van der Waals surface area (Å²) >= 11 is 5.82. The SMILES string of the molecule is CC1(CNS(=O)(=O)c2cc(Cl)cc(C(N)=O)c2)CCC(=O)N1. The molecule has 1 aliphatic rings. The molecule has 7 nitrogen and oxygen atoms in total. The van der Waals surface area contributed by atoms with Crippen molar-refractivity contribution >= 4 is 33.4 Å². The average Bonchev–Trinajstić information content (AvgIpc) is 2.76. The van der Waals surface area contributed by atoms with Gasteiger partial charge in [0.05, 0.1) is 10.4 Å². The Bertz CT molecular complexity index is 735. The molecule has 1 atom stereocenters. The molecule has 1 aliphatic heterocycles. The third kappa shape index (κ3) is 3.76. The molecule has 2 amide bonds. The first-order chi connectivity index (χ1) is 10.1. The highest BCUT2D eigenvalue weighted by Gasteiger charge is 2.34. The predicted octanol–water partition coefficient (Wildman–Crippen LogP) is 0.386. The van der Waals surface area contributed by atoms with Crippen LogP contribution in [0.2, 0.25) is 5.02 Å². The molecule has 0 aliphatic carbocycles. The van der Waals surface area contributed by atoms with E-state index >= 15 is 0 Å². The van der Waals surface area contributed by atoms with E-state index in [1.165, 1.54) is 12.1 Å². The first-order valence-corrected chi connectivity index (χ1v) is 8.38. The van der Waals surface area contributed by atoms with Crippen molar-refractivity contribution in [1.29, 1.82) is 0 Å². The van der Waals surface area contributed by atoms with Gasteiger partial charge in [-0.3, -0.25) is 9.59 Å². The van der Waals surface area contributed by atoms with Gasteiger partial charge in [-0.15, -0.1) is 0 Å². The zero-order valence-electron chi connectivity index (χ0n) is 11.8. The van der Waals surface area contributed by atoms with E-state index in [4.69, 9.17) is 17.3 Å². The number of hydrogen-bond donors (Lipinski definition) is 3. The van der Waals surface area contributed by atoms with Gasteiger partial charge in [-0.2, -0.15) is 0 Å². The molecule has 1 aromatic rings. The Morgan fingerprint density at radius 3 is 2.68 bits per heavy atom. The lowest BCUT2D eigenvalue weighted by Gasteiger charge is -2.24. The Labute approximate surface area is 133 Å². The summed E-state index contributed by atoms with van der Waals surface area (Å²) < 4.78 is 27.0. The fourth-order valence-electron chi connectivity index (χ4n) is 2.18. The summed E-state index contributed by atoms with van der Waals surface area (Å²) in [7, 11) is -3.88. The van der Waals surface area contributed by atoms with Crippen LogP contribution in [0, 0.1) is 0 Å². The van der Waals surface area contributed by atoms with Crippen molar-refractivity contribution in [1.82, 2.24) is 10.0 Å². The highest BCUT2D eigenvalue weighted by Crippen LogP contribution is 2.21. The number of rotatable bonds is 5. The molecule has 0 spiro atoms. The van der Waals surface area contributed by atoms with Crippen LogP contribution in [0.3, 0.4) is 0 Å². The maximum absolute atomic E-state index is 12.3. The predicted molar refractivity (Wildman–Crippen MR) is 80.9 cm³/mol. The summed E-state index contributed by atoms with van der Waals surface area (Å²) in [5.41, 5.74) is 4.52. The molecule has 0 saturated carbocycles. The lowest BCUT2D eigenvalue weighted by molar-refractivity contribution is -0.119. The van der Waals surface area contributed by atoms with Gasteiger partial charge in [0.15, 0.2) is 0 Å². The number of primary amides is 1. The van der Waals surface area contributed by atoms with Gasteiger partial charge in [0.25, 0.3) is 0 Å². The highest BCUT2D eigenvalue weighted by atomic mass is 35.5. The quantitative estimate of drug-likeness (QED) is 0.715. The van der Waals surface area contributed by atoms with Crippen LogP contribution in [0.5, 0.6) is 0 Å². The fourth-order valence-corrected chi connectivity index (χ4v) is 3.72. The Morgan fingerprint density at radius 1 is 1.45 bits per heavy atom. The molecule has 1 saturated heterocycles. The van der Waals surface area contributed by atoms with Gasteiger partial charge in [-0.05, 0) is 31.5 Å². The van der Waals surface area contributed by atoms with E-state index in [1.54, 1.807) is 6.92 Å². The van der Waals surface area contributed by atoms with Gasteiger partial charge >= 0.3 is 0 Å². The smallest absolute Gasteiger partial charge is 0.248 e. The van der Waals surface area contributed by atoms with Gasteiger partial charge in [0.1, 0.15) is 0 Å². The second kappa shape index (κ2) is 5.86. The average molecular weight is 346 g/mol. The van der Waals surface area contributed by atoms with Gasteiger partial charge in [-0.25, -0.2) is 13.1 Å². The minimum absolute atomic E-state index is 0.00764. The van der Waals surface area contributed by atoms with Crippen LogP contribution in [0.4, 0.5) is 0 Å². The molecule has 0 radical (unpaired) electrons. The summed E-state index contributed by atoms with van der Waals surface area (Å²) in [4.78, 5) is 22.3. The van der Waals surface area contributed by atoms with E-state index in [1.807, 2.05) is 0 Å². The fraction of sp³-hybridized carbons (Fsp3) is 0.385. The van der Waals surface area contributed by atoms with E-state index in [9.17, 15) is 18.0 Å². The lowest BCUT2D eigenvalue weighted by Crippen LogP contribution is -2.48. The van der Waals surface area contributed by atoms with Crippen molar-refractivity contribution in [2.75, 3.05) is 6.54 Å². The third-order valence-corrected chi connectivity index (χ3v) is 5.06. The van der Waals surface area contributed by atoms with E-state index in [0.717, 1.165) is 6.07 Å². The number of amides is 2. The van der Waals surface area contributed by atoms with Crippen molar-refractivity contribution in [3.8, 4) is 0 Å². The zero-order chi connectivity index (χ0) is 16.5. The molecular formula is C13H16ClN3O4S. The molecule has 4 N–H and O–H groups in total. The number of nitrogens with one attached hydrogen (secondary N) is 2. The number of benzene rings is 1. The molecule has 0 bridgehead atoms. The molecular weight excluding hydrogens is 330 g/mol. The second-order valence-corrected chi connectivity index (χ2v) is 7.68. The molecule has 2 rings (SSSR count). The number of carbonyl (C=O) groups is 2. The molecule has 1 fully saturated rings. The number of nitrogens with two attached hydrogens (primary N) is 1. The largest absolute Gasteiger partial charge is 0.366 e. The zero-order valence-corrected chi connectivity index (χ0v) is 13.4. The Morgan fingerprint density at radius 2 is 2.14 bits per heavy atom. The second-order valence-electron chi connectivity index (χ2n) is 5.47. The minimum atomic E-state index is -3.88. The highest BCUT2D eigenvalue weighted by molar-refractivity contribution is 7.89. The molecule has 9 heteroatoms. The van der Waals surface area contributed by atoms with Crippen LogP contribution in [-0.4, -0.2) is 32.3 Å². The van der Waals surface area contributed by atoms with Gasteiger partial charge < -0.3 is 11.1 Å². The molecule has 22 heavy (non-hydrogen) atoms. The molecule has 0 aromatic heterocycles. The van der Waals surface area contributed by atoms with E-state index < -0.39 is 21.5 Å². The van der Waals surface area contributed by atoms with Crippen LogP contribution >= 0.6 is 11.6 Å². The van der Waals surface area contributed by atoms with Crippen molar-refractivity contribution in [3.63, 3.8) is 0 Å². The number of hydrogen-bond acceptors (Lipinski definition) is 4. The molecule has 120 valence electrons. The van der Waals surface area contributed by atoms with E-state index in [0.29, 0.717) is 12.8 Å². The Kier molecular flexibility index (Phi) is 4.46. The minimum Gasteiger partial charge on any atom is -0.366 e. The van der Waals surface area contributed by atoms with Crippen molar-refractivity contribution in [3.05, 3.63) is 28.8 Å². The van der Waals surface area contributed by atoms with Gasteiger partial charge in [-0.1, -0.05) is 11.6 Å². The normalized spacial score (nSPS) is 21.6. The summed E-state index contributed by atoms with van der Waals surface area (Å²) in [6.45, 7) is 1.80. The summed E-state index contributed by atoms with van der Waals surface area (Å²) in [5, 5.41) is 2.82. The molecule has 1 aromatic carbocycles. The summed E-state index contributed by atoms with van der Waals surface area (Å²) in [6.07, 6.45) is 0.900. The van der Waals surface area contributed by atoms with E-state index in [2.05, 4.69) is 10.0 Å². The monoisotopic (exact) mass is 345 g/mol. The van der Waals surface area contributed by atoms with Crippen LogP contribution in [0.1, 0.15) is 30.1 Å². The van der Waals surface area contributed by atoms with Crippen LogP contribution < -0.4 is 15.8 Å². The number of carbonyl (C=O) groups excluding carboxylic acids is 2. The lowest BCUT2D eigenvalue weighted by atomic mass is 10.0. The van der Waals surface area contributed by atoms with Gasteiger partial charge in [0, 0.05) is 23.6 Å². The van der Waals surface area contributed by atoms with Crippen LogP contribution in [0.25, 0.3) is 0 Å². The maximum Gasteiger partial charge on any atom is 0.248 e. The van der Waals surface area contributed by atoms with E-state index in [-0.39, 0.29) is 27.9 Å². The molecule has 1 unspecified atom stereocenters. The molecule has 1 heterocycles.